The van der Waals surface area contributed by atoms with Gasteiger partial charge in [-0.2, -0.15) is 0 Å². The van der Waals surface area contributed by atoms with E-state index in [4.69, 9.17) is 5.73 Å². The average molecular weight is 552 g/mol. The lowest BCUT2D eigenvalue weighted by Crippen LogP contribution is -2.26. The molecular formula is C34H53N3OS. The van der Waals surface area contributed by atoms with E-state index < -0.39 is 0 Å². The molecule has 2 fully saturated rings. The number of carbonyl (C=O) groups excluding carboxylic acids is 1. The number of aryl methyl sites for hydroxylation is 1. The van der Waals surface area contributed by atoms with Crippen LogP contribution in [-0.2, 0) is 0 Å². The molecule has 0 saturated heterocycles. The SMILES string of the molecule is CC.CC.Cc1ccc([C@H](C)NSCCCCCN2C(=O)c3ccccc3C2=C2CCC2)cc1.NCC1CC1. The maximum absolute atomic E-state index is 12.9. The molecule has 0 aromatic heterocycles. The summed E-state index contributed by atoms with van der Waals surface area (Å²) in [5.41, 5.74) is 12.6. The van der Waals surface area contributed by atoms with Crippen molar-refractivity contribution in [1.82, 2.24) is 9.62 Å². The molecule has 5 rings (SSSR count). The van der Waals surface area contributed by atoms with Crippen molar-refractivity contribution in [2.75, 3.05) is 18.8 Å². The highest BCUT2D eigenvalue weighted by atomic mass is 32.2. The summed E-state index contributed by atoms with van der Waals surface area (Å²) in [5.74, 6) is 2.20. The third-order valence-corrected chi connectivity index (χ3v) is 8.23. The van der Waals surface area contributed by atoms with Crippen LogP contribution in [-0.4, -0.2) is 29.6 Å². The lowest BCUT2D eigenvalue weighted by atomic mass is 9.88. The van der Waals surface area contributed by atoms with Gasteiger partial charge in [0, 0.05) is 29.5 Å². The summed E-state index contributed by atoms with van der Waals surface area (Å²) in [6.45, 7) is 14.1. The number of nitrogens with one attached hydrogen (secondary N) is 1. The van der Waals surface area contributed by atoms with Crippen LogP contribution in [0.2, 0.25) is 0 Å². The molecule has 1 aliphatic heterocycles. The van der Waals surface area contributed by atoms with Gasteiger partial charge in [-0.3, -0.25) is 9.52 Å². The summed E-state index contributed by atoms with van der Waals surface area (Å²) < 4.78 is 3.55. The molecule has 4 nitrogen and oxygen atoms in total. The van der Waals surface area contributed by atoms with Gasteiger partial charge in [-0.1, -0.05) is 94.1 Å². The van der Waals surface area contributed by atoms with Crippen molar-refractivity contribution in [1.29, 1.82) is 0 Å². The first-order valence-electron chi connectivity index (χ1n) is 15.4. The van der Waals surface area contributed by atoms with Crippen LogP contribution in [0.5, 0.6) is 0 Å². The zero-order valence-corrected chi connectivity index (χ0v) is 26.2. The number of allylic oxidation sites excluding steroid dienone is 1. The first-order valence-corrected chi connectivity index (χ1v) is 16.3. The van der Waals surface area contributed by atoms with E-state index in [1.807, 2.05) is 51.8 Å². The molecule has 2 aromatic rings. The number of rotatable bonds is 10. The molecule has 1 amide bonds. The Labute approximate surface area is 243 Å². The van der Waals surface area contributed by atoms with Gasteiger partial charge in [-0.15, -0.1) is 0 Å². The molecular weight excluding hydrogens is 498 g/mol. The molecule has 1 atom stereocenters. The second-order valence-electron chi connectivity index (χ2n) is 10.1. The Morgan fingerprint density at radius 2 is 1.59 bits per heavy atom. The van der Waals surface area contributed by atoms with Crippen LogP contribution in [0.15, 0.2) is 54.1 Å². The zero-order chi connectivity index (χ0) is 28.6. The number of carbonyl (C=O) groups is 1. The monoisotopic (exact) mass is 551 g/mol. The van der Waals surface area contributed by atoms with Crippen molar-refractivity contribution >= 4 is 23.6 Å². The van der Waals surface area contributed by atoms with Gasteiger partial charge in [0.05, 0.1) is 5.70 Å². The topological polar surface area (TPSA) is 58.4 Å². The van der Waals surface area contributed by atoms with Gasteiger partial charge in [0.15, 0.2) is 0 Å². The van der Waals surface area contributed by atoms with Gasteiger partial charge in [0.1, 0.15) is 0 Å². The molecule has 2 aliphatic carbocycles. The minimum absolute atomic E-state index is 0.197. The summed E-state index contributed by atoms with van der Waals surface area (Å²) in [5, 5.41) is 0. The molecule has 0 unspecified atom stereocenters. The van der Waals surface area contributed by atoms with Crippen LogP contribution < -0.4 is 10.5 Å². The van der Waals surface area contributed by atoms with Crippen LogP contribution in [0.3, 0.4) is 0 Å². The van der Waals surface area contributed by atoms with Crippen molar-refractivity contribution in [3.63, 3.8) is 0 Å². The quantitative estimate of drug-likeness (QED) is 0.229. The molecule has 3 aliphatic rings. The van der Waals surface area contributed by atoms with Crippen LogP contribution in [0.25, 0.3) is 5.70 Å². The van der Waals surface area contributed by atoms with Gasteiger partial charge in [0.25, 0.3) is 5.91 Å². The number of nitrogens with zero attached hydrogens (tertiary/aromatic N) is 1. The third-order valence-electron chi connectivity index (χ3n) is 7.22. The summed E-state index contributed by atoms with van der Waals surface area (Å²) in [7, 11) is 0. The average Bonchev–Trinajstić information content (AvgIpc) is 3.76. The number of unbranched alkanes of at least 4 members (excludes halogenated alkanes) is 2. The largest absolute Gasteiger partial charge is 0.330 e. The molecule has 0 spiro atoms. The molecule has 2 saturated carbocycles. The van der Waals surface area contributed by atoms with Crippen molar-refractivity contribution in [3.05, 3.63) is 76.4 Å². The van der Waals surface area contributed by atoms with Crippen molar-refractivity contribution in [2.45, 2.75) is 99.0 Å². The summed E-state index contributed by atoms with van der Waals surface area (Å²) in [6, 6.07) is 17.2. The Morgan fingerprint density at radius 1 is 0.949 bits per heavy atom. The fourth-order valence-electron chi connectivity index (χ4n) is 4.54. The molecule has 5 heteroatoms. The minimum atomic E-state index is 0.197. The molecule has 1 heterocycles. The van der Waals surface area contributed by atoms with E-state index in [0.29, 0.717) is 6.04 Å². The van der Waals surface area contributed by atoms with E-state index in [0.717, 1.165) is 61.6 Å². The first-order chi connectivity index (χ1) is 19.1. The Balaban J connectivity index is 0.000000516. The van der Waals surface area contributed by atoms with Gasteiger partial charge >= 0.3 is 0 Å². The lowest BCUT2D eigenvalue weighted by Gasteiger charge is -2.26. The van der Waals surface area contributed by atoms with E-state index >= 15 is 0 Å². The van der Waals surface area contributed by atoms with E-state index in [1.165, 1.54) is 48.1 Å². The number of hydrogen-bond acceptors (Lipinski definition) is 4. The molecule has 0 radical (unpaired) electrons. The predicted octanol–water partition coefficient (Wildman–Crippen LogP) is 8.92. The highest BCUT2D eigenvalue weighted by molar-refractivity contribution is 7.97. The maximum atomic E-state index is 12.9. The summed E-state index contributed by atoms with van der Waals surface area (Å²) in [4.78, 5) is 15.0. The van der Waals surface area contributed by atoms with Crippen LogP contribution >= 0.6 is 11.9 Å². The smallest absolute Gasteiger partial charge is 0.258 e. The van der Waals surface area contributed by atoms with E-state index in [9.17, 15) is 4.79 Å². The number of hydrogen-bond donors (Lipinski definition) is 2. The Morgan fingerprint density at radius 3 is 2.13 bits per heavy atom. The van der Waals surface area contributed by atoms with E-state index in [2.05, 4.69) is 59.9 Å². The molecule has 216 valence electrons. The fraction of sp³-hybridized carbons (Fsp3) is 0.559. The Hall–Kier alpha value is -2.08. The number of amides is 1. The zero-order valence-electron chi connectivity index (χ0n) is 25.4. The fourth-order valence-corrected chi connectivity index (χ4v) is 5.39. The summed E-state index contributed by atoms with van der Waals surface area (Å²) in [6.07, 6.45) is 9.70. The molecule has 3 N–H and O–H groups in total. The maximum Gasteiger partial charge on any atom is 0.258 e. The van der Waals surface area contributed by atoms with Gasteiger partial charge in [-0.25, -0.2) is 0 Å². The van der Waals surface area contributed by atoms with Crippen LogP contribution in [0, 0.1) is 12.8 Å². The van der Waals surface area contributed by atoms with E-state index in [-0.39, 0.29) is 5.91 Å². The number of nitrogens with two attached hydrogens (primary N) is 1. The predicted molar refractivity (Wildman–Crippen MR) is 172 cm³/mol. The highest BCUT2D eigenvalue weighted by Crippen LogP contribution is 2.41. The normalized spacial score (nSPS) is 16.1. The molecule has 2 aromatic carbocycles. The third kappa shape index (κ3) is 10.1. The van der Waals surface area contributed by atoms with Crippen LogP contribution in [0.4, 0.5) is 0 Å². The molecule has 39 heavy (non-hydrogen) atoms. The van der Waals surface area contributed by atoms with Gasteiger partial charge in [-0.05, 0) is 88.5 Å². The number of fused-ring (bicyclic) bond motifs is 1. The minimum Gasteiger partial charge on any atom is -0.330 e. The Kier molecular flexibility index (Phi) is 15.5. The summed E-state index contributed by atoms with van der Waals surface area (Å²) >= 11 is 1.81. The standard InChI is InChI=1S/C26H32N2OS.C4H9N.2C2H6/c1-19-13-15-21(16-14-19)20(2)27-30-18-7-3-6-17-28-25(22-9-8-10-22)23-11-4-5-12-24(23)26(28)29;5-3-4-1-2-4;2*1-2/h4-5,11-16,20,27H,3,6-10,17-18H2,1-2H3;4H,1-3,5H2;2*1-2H3/t20-;;;/m0.../s1. The van der Waals surface area contributed by atoms with Crippen molar-refractivity contribution in [3.8, 4) is 0 Å². The molecule has 0 bridgehead atoms. The second kappa shape index (κ2) is 18.3. The van der Waals surface area contributed by atoms with Crippen LogP contribution in [0.1, 0.15) is 119 Å². The Bertz CT molecular complexity index is 1010. The van der Waals surface area contributed by atoms with Gasteiger partial charge < -0.3 is 10.6 Å². The number of benzene rings is 2. The highest BCUT2D eigenvalue weighted by Gasteiger charge is 2.34. The van der Waals surface area contributed by atoms with Crippen molar-refractivity contribution < 1.29 is 4.79 Å². The first kappa shape index (κ1) is 33.1. The van der Waals surface area contributed by atoms with Gasteiger partial charge in [0.2, 0.25) is 0 Å². The van der Waals surface area contributed by atoms with E-state index in [1.54, 1.807) is 0 Å². The second-order valence-corrected chi connectivity index (χ2v) is 11.1. The lowest BCUT2D eigenvalue weighted by molar-refractivity contribution is 0.0847. The van der Waals surface area contributed by atoms with Crippen molar-refractivity contribution in [2.24, 2.45) is 11.7 Å².